The van der Waals surface area contributed by atoms with Crippen molar-refractivity contribution < 1.29 is 9.53 Å². The maximum atomic E-state index is 12.3. The molecule has 2 aromatic rings. The minimum Gasteiger partial charge on any atom is -0.467 e. The van der Waals surface area contributed by atoms with Crippen LogP contribution in [0.5, 0.6) is 6.01 Å². The van der Waals surface area contributed by atoms with Crippen LogP contribution in [0.4, 0.5) is 11.5 Å². The van der Waals surface area contributed by atoms with Crippen molar-refractivity contribution >= 4 is 17.4 Å². The number of hydrogen-bond donors (Lipinski definition) is 0. The third-order valence-corrected chi connectivity index (χ3v) is 7.54. The number of aryl methyl sites for hydroxylation is 1. The van der Waals surface area contributed by atoms with E-state index in [2.05, 4.69) is 46.7 Å². The van der Waals surface area contributed by atoms with Crippen molar-refractivity contribution in [3.8, 4) is 12.1 Å². The molecule has 1 aromatic carbocycles. The number of methoxy groups -OCH3 is 1. The Morgan fingerprint density at radius 3 is 2.91 bits per heavy atom. The van der Waals surface area contributed by atoms with E-state index >= 15 is 0 Å². The smallest absolute Gasteiger partial charge is 0.318 e. The minimum atomic E-state index is -0.197. The van der Waals surface area contributed by atoms with E-state index in [1.54, 1.807) is 12.0 Å². The first-order valence-electron chi connectivity index (χ1n) is 12.5. The Morgan fingerprint density at radius 2 is 2.11 bits per heavy atom. The van der Waals surface area contributed by atoms with Crippen LogP contribution in [-0.2, 0) is 24.1 Å². The average Bonchev–Trinajstić information content (AvgIpc) is 2.91. The van der Waals surface area contributed by atoms with E-state index in [9.17, 15) is 10.1 Å². The minimum absolute atomic E-state index is 0.128. The van der Waals surface area contributed by atoms with Crippen LogP contribution < -0.4 is 14.5 Å². The number of carbonyl (C=O) groups excluding carboxylic acids is 1. The summed E-state index contributed by atoms with van der Waals surface area (Å²) in [4.78, 5) is 28.4. The van der Waals surface area contributed by atoms with Crippen LogP contribution in [0.3, 0.4) is 0 Å². The van der Waals surface area contributed by atoms with Crippen LogP contribution in [0.1, 0.15) is 36.1 Å². The first-order valence-corrected chi connectivity index (χ1v) is 12.5. The predicted molar refractivity (Wildman–Crippen MR) is 135 cm³/mol. The molecular formula is C27H32N6O2. The summed E-state index contributed by atoms with van der Waals surface area (Å²) >= 11 is 0. The van der Waals surface area contributed by atoms with Crippen LogP contribution >= 0.6 is 0 Å². The number of anilines is 2. The molecule has 1 aromatic heterocycles. The molecule has 35 heavy (non-hydrogen) atoms. The monoisotopic (exact) mass is 472 g/mol. The molecule has 1 saturated heterocycles. The van der Waals surface area contributed by atoms with Crippen molar-refractivity contribution in [1.82, 2.24) is 14.9 Å². The Morgan fingerprint density at radius 1 is 1.26 bits per heavy atom. The lowest BCUT2D eigenvalue weighted by atomic mass is 9.88. The Hall–Kier alpha value is -3.60. The van der Waals surface area contributed by atoms with Gasteiger partial charge in [0.25, 0.3) is 0 Å². The third kappa shape index (κ3) is 4.43. The molecule has 3 heterocycles. The van der Waals surface area contributed by atoms with Gasteiger partial charge in [0.1, 0.15) is 5.82 Å². The highest BCUT2D eigenvalue weighted by Crippen LogP contribution is 2.36. The van der Waals surface area contributed by atoms with Crippen molar-refractivity contribution in [1.29, 1.82) is 5.26 Å². The van der Waals surface area contributed by atoms with Gasteiger partial charge < -0.3 is 19.4 Å². The number of carbonyl (C=O) groups is 1. The zero-order valence-electron chi connectivity index (χ0n) is 20.3. The van der Waals surface area contributed by atoms with Gasteiger partial charge in [-0.3, -0.25) is 4.79 Å². The van der Waals surface area contributed by atoms with E-state index in [0.29, 0.717) is 31.7 Å². The van der Waals surface area contributed by atoms with Gasteiger partial charge in [0.05, 0.1) is 31.3 Å². The highest BCUT2D eigenvalue weighted by atomic mass is 16.5. The second-order valence-electron chi connectivity index (χ2n) is 9.48. The average molecular weight is 473 g/mol. The van der Waals surface area contributed by atoms with Crippen LogP contribution in [0.2, 0.25) is 0 Å². The molecule has 0 radical (unpaired) electrons. The molecule has 0 spiro atoms. The molecule has 2 atom stereocenters. The van der Waals surface area contributed by atoms with E-state index in [-0.39, 0.29) is 18.4 Å². The van der Waals surface area contributed by atoms with Crippen molar-refractivity contribution in [2.45, 2.75) is 50.6 Å². The normalized spacial score (nSPS) is 21.5. The fourth-order valence-electron chi connectivity index (χ4n) is 5.85. The second kappa shape index (κ2) is 9.95. The number of fused-ring (bicyclic) bond motifs is 2. The van der Waals surface area contributed by atoms with Crippen molar-refractivity contribution in [3.05, 3.63) is 53.7 Å². The van der Waals surface area contributed by atoms with Crippen molar-refractivity contribution in [2.75, 3.05) is 43.1 Å². The van der Waals surface area contributed by atoms with Crippen molar-refractivity contribution in [2.24, 2.45) is 0 Å². The lowest BCUT2D eigenvalue weighted by Gasteiger charge is -2.43. The molecule has 0 saturated carbocycles. The molecule has 1 fully saturated rings. The maximum absolute atomic E-state index is 12.3. The Kier molecular flexibility index (Phi) is 6.58. The second-order valence-corrected chi connectivity index (χ2v) is 9.48. The Bertz CT molecular complexity index is 1160. The summed E-state index contributed by atoms with van der Waals surface area (Å²) in [6.07, 6.45) is 6.71. The largest absolute Gasteiger partial charge is 0.467 e. The van der Waals surface area contributed by atoms with Gasteiger partial charge in [-0.25, -0.2) is 0 Å². The van der Waals surface area contributed by atoms with E-state index in [1.807, 2.05) is 0 Å². The number of para-hydroxylation sites is 1. The number of nitriles is 1. The van der Waals surface area contributed by atoms with Crippen LogP contribution in [0, 0.1) is 11.3 Å². The number of nitrogens with zero attached hydrogens (tertiary/aromatic N) is 6. The first kappa shape index (κ1) is 23.2. The number of hydrogen-bond acceptors (Lipinski definition) is 7. The summed E-state index contributed by atoms with van der Waals surface area (Å²) in [7, 11) is 1.60. The maximum Gasteiger partial charge on any atom is 0.318 e. The lowest BCUT2D eigenvalue weighted by Crippen LogP contribution is -2.55. The zero-order chi connectivity index (χ0) is 24.4. The molecule has 1 amide bonds. The lowest BCUT2D eigenvalue weighted by molar-refractivity contribution is -0.128. The number of benzene rings is 1. The molecule has 8 nitrogen and oxygen atoms in total. The van der Waals surface area contributed by atoms with E-state index < -0.39 is 0 Å². The highest BCUT2D eigenvalue weighted by molar-refractivity contribution is 5.87. The number of amides is 1. The summed E-state index contributed by atoms with van der Waals surface area (Å²) in [5, 5.41) is 9.36. The van der Waals surface area contributed by atoms with Crippen LogP contribution in [0.15, 0.2) is 36.9 Å². The molecule has 3 aliphatic rings. The number of piperazine rings is 1. The molecule has 182 valence electrons. The van der Waals surface area contributed by atoms with Gasteiger partial charge in [-0.15, -0.1) is 0 Å². The SMILES string of the molecule is C=CC(=O)N1CCN(c2nc(OC)nc3c2CCC(N2CCCc4ccccc42)C3)C[C@@H]1CC#N. The zero-order valence-corrected chi connectivity index (χ0v) is 20.3. The molecule has 5 rings (SSSR count). The Balaban J connectivity index is 1.42. The van der Waals surface area contributed by atoms with Gasteiger partial charge in [0.2, 0.25) is 5.91 Å². The van der Waals surface area contributed by atoms with E-state index in [0.717, 1.165) is 43.7 Å². The molecular weight excluding hydrogens is 440 g/mol. The summed E-state index contributed by atoms with van der Waals surface area (Å²) in [5.74, 6) is 0.759. The fourth-order valence-corrected chi connectivity index (χ4v) is 5.85. The molecule has 0 N–H and O–H groups in total. The van der Waals surface area contributed by atoms with Crippen LogP contribution in [0.25, 0.3) is 0 Å². The third-order valence-electron chi connectivity index (χ3n) is 7.54. The summed E-state index contributed by atoms with van der Waals surface area (Å²) in [6, 6.07) is 11.6. The number of rotatable bonds is 5. The molecule has 2 aliphatic heterocycles. The van der Waals surface area contributed by atoms with Gasteiger partial charge in [-0.1, -0.05) is 24.8 Å². The summed E-state index contributed by atoms with van der Waals surface area (Å²) in [5.41, 5.74) is 5.01. The van der Waals surface area contributed by atoms with E-state index in [4.69, 9.17) is 14.7 Å². The van der Waals surface area contributed by atoms with Gasteiger partial charge in [0.15, 0.2) is 0 Å². The standard InChI is InChI=1S/C27H32N6O2/c1-3-25(34)33-16-15-31(18-21(33)12-13-28)26-22-11-10-20(17-23(22)29-27(30-26)35-2)32-14-6-8-19-7-4-5-9-24(19)32/h3-5,7,9,20-21H,1,6,8,10-12,14-18H2,2H3/t20?,21-/m0/s1. The van der Waals surface area contributed by atoms with Crippen LogP contribution in [-0.4, -0.2) is 66.1 Å². The fraction of sp³-hybridized carbons (Fsp3) is 0.481. The molecule has 0 bridgehead atoms. The number of ether oxygens (including phenoxy) is 1. The summed E-state index contributed by atoms with van der Waals surface area (Å²) in [6.45, 7) is 6.43. The highest BCUT2D eigenvalue weighted by Gasteiger charge is 2.35. The van der Waals surface area contributed by atoms with Gasteiger partial charge in [-0.2, -0.15) is 15.2 Å². The van der Waals surface area contributed by atoms with Crippen molar-refractivity contribution in [3.63, 3.8) is 0 Å². The Labute approximate surface area is 206 Å². The van der Waals surface area contributed by atoms with E-state index in [1.165, 1.54) is 29.3 Å². The topological polar surface area (TPSA) is 85.6 Å². The quantitative estimate of drug-likeness (QED) is 0.619. The van der Waals surface area contributed by atoms with Gasteiger partial charge >= 0.3 is 6.01 Å². The molecule has 1 unspecified atom stereocenters. The predicted octanol–water partition coefficient (Wildman–Crippen LogP) is 2.91. The first-order chi connectivity index (χ1) is 17.1. The summed E-state index contributed by atoms with van der Waals surface area (Å²) < 4.78 is 5.51. The molecule has 1 aliphatic carbocycles. The number of aromatic nitrogens is 2. The van der Waals surface area contributed by atoms with Gasteiger partial charge in [-0.05, 0) is 43.4 Å². The van der Waals surface area contributed by atoms with Gasteiger partial charge in [0, 0.05) is 49.9 Å². The molecule has 8 heteroatoms.